The zero-order valence-corrected chi connectivity index (χ0v) is 15.0. The van der Waals surface area contributed by atoms with Crippen molar-refractivity contribution in [1.82, 2.24) is 15.3 Å². The van der Waals surface area contributed by atoms with E-state index in [0.29, 0.717) is 0 Å². The summed E-state index contributed by atoms with van der Waals surface area (Å²) in [5.74, 6) is 0.816. The smallest absolute Gasteiger partial charge is 0.169 e. The summed E-state index contributed by atoms with van der Waals surface area (Å²) in [5, 5.41) is 3.35. The molecular weight excluding hydrogens is 350 g/mol. The minimum absolute atomic E-state index is 0.737. The van der Waals surface area contributed by atoms with Gasteiger partial charge in [-0.1, -0.05) is 0 Å². The van der Waals surface area contributed by atoms with Gasteiger partial charge in [-0.3, -0.25) is 0 Å². The van der Waals surface area contributed by atoms with E-state index in [1.54, 1.807) is 18.4 Å². The van der Waals surface area contributed by atoms with Crippen LogP contribution in [0.4, 0.5) is 0 Å². The number of thiophene rings is 1. The summed E-state index contributed by atoms with van der Waals surface area (Å²) in [6.45, 7) is 6.65. The second-order valence-electron chi connectivity index (χ2n) is 4.79. The van der Waals surface area contributed by atoms with Crippen LogP contribution >= 0.6 is 27.3 Å². The first-order valence-electron chi connectivity index (χ1n) is 6.91. The van der Waals surface area contributed by atoms with Crippen LogP contribution < -0.4 is 5.32 Å². The molecule has 0 aromatic carbocycles. The molecule has 114 valence electrons. The standard InChI is InChI=1S/C15H20BrN3OS/c1-10-12(6-7-17-8-9-20-3)11(2)19-15(18-10)13-4-5-14(16)21-13/h4-5,17H,6-9H2,1-3H3. The Labute approximate surface area is 138 Å². The fourth-order valence-electron chi connectivity index (χ4n) is 2.16. The Morgan fingerprint density at radius 2 is 1.90 bits per heavy atom. The summed E-state index contributed by atoms with van der Waals surface area (Å²) >= 11 is 5.14. The zero-order chi connectivity index (χ0) is 15.2. The molecule has 0 aliphatic heterocycles. The molecule has 2 aromatic rings. The quantitative estimate of drug-likeness (QED) is 0.760. The first kappa shape index (κ1) is 16.5. The molecule has 0 unspecified atom stereocenters. The van der Waals surface area contributed by atoms with Gasteiger partial charge in [-0.05, 0) is 60.4 Å². The molecule has 0 radical (unpaired) electrons. The Bertz CT molecular complexity index is 577. The fourth-order valence-corrected chi connectivity index (χ4v) is 3.48. The van der Waals surface area contributed by atoms with Crippen molar-refractivity contribution in [2.45, 2.75) is 20.3 Å². The highest BCUT2D eigenvalue weighted by atomic mass is 79.9. The average molecular weight is 370 g/mol. The van der Waals surface area contributed by atoms with E-state index < -0.39 is 0 Å². The lowest BCUT2D eigenvalue weighted by Gasteiger charge is -2.11. The maximum atomic E-state index is 5.02. The third-order valence-corrected chi connectivity index (χ3v) is 4.87. The number of hydrogen-bond acceptors (Lipinski definition) is 5. The lowest BCUT2D eigenvalue weighted by Crippen LogP contribution is -2.22. The molecule has 4 nitrogen and oxygen atoms in total. The number of methoxy groups -OCH3 is 1. The molecule has 0 saturated heterocycles. The molecule has 2 heterocycles. The summed E-state index contributed by atoms with van der Waals surface area (Å²) < 4.78 is 6.12. The molecular formula is C15H20BrN3OS. The van der Waals surface area contributed by atoms with Gasteiger partial charge in [-0.2, -0.15) is 0 Å². The maximum absolute atomic E-state index is 5.02. The third-order valence-electron chi connectivity index (χ3n) is 3.25. The highest BCUT2D eigenvalue weighted by molar-refractivity contribution is 9.11. The van der Waals surface area contributed by atoms with Crippen LogP contribution in [0.5, 0.6) is 0 Å². The highest BCUT2D eigenvalue weighted by Gasteiger charge is 2.11. The van der Waals surface area contributed by atoms with E-state index >= 15 is 0 Å². The number of rotatable bonds is 7. The number of nitrogens with one attached hydrogen (secondary N) is 1. The monoisotopic (exact) mass is 369 g/mol. The van der Waals surface area contributed by atoms with Gasteiger partial charge in [0.1, 0.15) is 0 Å². The predicted octanol–water partition coefficient (Wildman–Crippen LogP) is 3.36. The molecule has 0 fully saturated rings. The molecule has 0 aliphatic rings. The van der Waals surface area contributed by atoms with Gasteiger partial charge in [0.15, 0.2) is 5.82 Å². The summed E-state index contributed by atoms with van der Waals surface area (Å²) in [4.78, 5) is 10.4. The maximum Gasteiger partial charge on any atom is 0.169 e. The van der Waals surface area contributed by atoms with E-state index in [1.807, 2.05) is 6.07 Å². The second kappa shape index (κ2) is 7.98. The van der Waals surface area contributed by atoms with E-state index in [2.05, 4.69) is 51.1 Å². The van der Waals surface area contributed by atoms with Crippen LogP contribution in [-0.4, -0.2) is 36.8 Å². The van der Waals surface area contributed by atoms with Crippen LogP contribution in [0.15, 0.2) is 15.9 Å². The first-order chi connectivity index (χ1) is 10.1. The summed E-state index contributed by atoms with van der Waals surface area (Å²) in [6, 6.07) is 4.08. The largest absolute Gasteiger partial charge is 0.383 e. The van der Waals surface area contributed by atoms with Crippen LogP contribution in [0.2, 0.25) is 0 Å². The van der Waals surface area contributed by atoms with Crippen molar-refractivity contribution in [3.63, 3.8) is 0 Å². The normalized spacial score (nSPS) is 11.0. The van der Waals surface area contributed by atoms with Gasteiger partial charge in [0.2, 0.25) is 0 Å². The third kappa shape index (κ3) is 4.57. The molecule has 6 heteroatoms. The minimum atomic E-state index is 0.737. The van der Waals surface area contributed by atoms with Crippen molar-refractivity contribution in [2.75, 3.05) is 26.8 Å². The van der Waals surface area contributed by atoms with Crippen molar-refractivity contribution < 1.29 is 4.74 Å². The van der Waals surface area contributed by atoms with Crippen LogP contribution in [-0.2, 0) is 11.2 Å². The lowest BCUT2D eigenvalue weighted by atomic mass is 10.1. The van der Waals surface area contributed by atoms with E-state index in [0.717, 1.165) is 52.0 Å². The highest BCUT2D eigenvalue weighted by Crippen LogP contribution is 2.29. The first-order valence-corrected chi connectivity index (χ1v) is 8.52. The van der Waals surface area contributed by atoms with E-state index in [1.165, 1.54) is 5.56 Å². The van der Waals surface area contributed by atoms with Gasteiger partial charge in [-0.25, -0.2) is 9.97 Å². The van der Waals surface area contributed by atoms with Crippen LogP contribution in [0, 0.1) is 13.8 Å². The predicted molar refractivity (Wildman–Crippen MR) is 91.0 cm³/mol. The van der Waals surface area contributed by atoms with Crippen LogP contribution in [0.1, 0.15) is 17.0 Å². The Balaban J connectivity index is 2.07. The zero-order valence-electron chi connectivity index (χ0n) is 12.6. The van der Waals surface area contributed by atoms with Gasteiger partial charge < -0.3 is 10.1 Å². The fraction of sp³-hybridized carbons (Fsp3) is 0.467. The average Bonchev–Trinajstić information content (AvgIpc) is 2.87. The summed E-state index contributed by atoms with van der Waals surface area (Å²) in [5.41, 5.74) is 3.37. The molecule has 0 aliphatic carbocycles. The van der Waals surface area contributed by atoms with Crippen molar-refractivity contribution >= 4 is 27.3 Å². The number of nitrogens with zero attached hydrogens (tertiary/aromatic N) is 2. The number of aryl methyl sites for hydroxylation is 2. The Morgan fingerprint density at radius 3 is 2.48 bits per heavy atom. The van der Waals surface area contributed by atoms with Gasteiger partial charge in [0.05, 0.1) is 15.3 Å². The minimum Gasteiger partial charge on any atom is -0.383 e. The molecule has 2 aromatic heterocycles. The van der Waals surface area contributed by atoms with E-state index in [4.69, 9.17) is 4.74 Å². The second-order valence-corrected chi connectivity index (χ2v) is 7.26. The van der Waals surface area contributed by atoms with E-state index in [9.17, 15) is 0 Å². The molecule has 0 saturated carbocycles. The molecule has 0 amide bonds. The van der Waals surface area contributed by atoms with Gasteiger partial charge in [0, 0.05) is 25.0 Å². The van der Waals surface area contributed by atoms with Crippen molar-refractivity contribution in [3.05, 3.63) is 32.9 Å². The lowest BCUT2D eigenvalue weighted by molar-refractivity contribution is 0.199. The number of hydrogen-bond donors (Lipinski definition) is 1. The SMILES string of the molecule is COCCNCCc1c(C)nc(-c2ccc(Br)s2)nc1C. The van der Waals surface area contributed by atoms with Crippen molar-refractivity contribution in [3.8, 4) is 10.7 Å². The Morgan fingerprint density at radius 1 is 1.19 bits per heavy atom. The van der Waals surface area contributed by atoms with Crippen molar-refractivity contribution in [1.29, 1.82) is 0 Å². The molecule has 0 bridgehead atoms. The Kier molecular flexibility index (Phi) is 6.29. The van der Waals surface area contributed by atoms with Gasteiger partial charge in [-0.15, -0.1) is 11.3 Å². The molecule has 1 N–H and O–H groups in total. The van der Waals surface area contributed by atoms with E-state index in [-0.39, 0.29) is 0 Å². The topological polar surface area (TPSA) is 47.0 Å². The van der Waals surface area contributed by atoms with Crippen molar-refractivity contribution in [2.24, 2.45) is 0 Å². The van der Waals surface area contributed by atoms with Gasteiger partial charge >= 0.3 is 0 Å². The van der Waals surface area contributed by atoms with Crippen LogP contribution in [0.3, 0.4) is 0 Å². The number of aromatic nitrogens is 2. The van der Waals surface area contributed by atoms with Gasteiger partial charge in [0.25, 0.3) is 0 Å². The number of halogens is 1. The molecule has 2 rings (SSSR count). The summed E-state index contributed by atoms with van der Waals surface area (Å²) in [6.07, 6.45) is 0.940. The molecule has 0 spiro atoms. The molecule has 0 atom stereocenters. The number of ether oxygens (including phenoxy) is 1. The van der Waals surface area contributed by atoms with Crippen LogP contribution in [0.25, 0.3) is 10.7 Å². The molecule has 21 heavy (non-hydrogen) atoms. The summed E-state index contributed by atoms with van der Waals surface area (Å²) in [7, 11) is 1.71. The Hall–Kier alpha value is -0.820.